The average Bonchev–Trinajstić information content (AvgIpc) is 2.71. The third-order valence-electron chi connectivity index (χ3n) is 5.01. The molecule has 0 radical (unpaired) electrons. The van der Waals surface area contributed by atoms with Gasteiger partial charge in [0.25, 0.3) is 0 Å². The van der Waals surface area contributed by atoms with E-state index in [0.717, 1.165) is 38.8 Å². The second-order valence-electron chi connectivity index (χ2n) is 7.33. The lowest BCUT2D eigenvalue weighted by Gasteiger charge is -2.32. The number of carbonyl (C=O) groups is 2. The van der Waals surface area contributed by atoms with Crippen molar-refractivity contribution in [3.8, 4) is 0 Å². The first-order valence-corrected chi connectivity index (χ1v) is 8.64. The molecule has 2 N–H and O–H groups in total. The van der Waals surface area contributed by atoms with Crippen LogP contribution in [-0.2, 0) is 9.59 Å². The summed E-state index contributed by atoms with van der Waals surface area (Å²) >= 11 is 0. The number of amides is 1. The number of hydrogen-bond donors (Lipinski definition) is 2. The van der Waals surface area contributed by atoms with Crippen LogP contribution in [0.25, 0.3) is 0 Å². The van der Waals surface area contributed by atoms with Gasteiger partial charge in [0.15, 0.2) is 0 Å². The van der Waals surface area contributed by atoms with E-state index in [0.29, 0.717) is 0 Å². The summed E-state index contributed by atoms with van der Waals surface area (Å²) in [5.74, 6) is -0.711. The lowest BCUT2D eigenvalue weighted by atomic mass is 10.0. The monoisotopic (exact) mass is 363 g/mol. The molecule has 1 heterocycles. The third-order valence-corrected chi connectivity index (χ3v) is 5.01. The zero-order valence-electron chi connectivity index (χ0n) is 15.7. The number of likely N-dealkylation sites (tertiary alicyclic amines) is 1. The van der Waals surface area contributed by atoms with Gasteiger partial charge in [-0.2, -0.15) is 0 Å². The summed E-state index contributed by atoms with van der Waals surface area (Å²) in [4.78, 5) is 27.4. The first kappa shape index (κ1) is 23.1. The van der Waals surface area contributed by atoms with Gasteiger partial charge in [-0.3, -0.25) is 19.4 Å². The van der Waals surface area contributed by atoms with Crippen LogP contribution in [0.2, 0.25) is 0 Å². The SMILES string of the molecule is CCC(C)(C)NC(=O)C(C)N1CCCC(N(C)CC(=O)O)CC1.Cl. The highest BCUT2D eigenvalue weighted by Gasteiger charge is 2.29. The van der Waals surface area contributed by atoms with E-state index in [-0.39, 0.29) is 42.5 Å². The van der Waals surface area contributed by atoms with Crippen LogP contribution < -0.4 is 5.32 Å². The zero-order chi connectivity index (χ0) is 17.6. The minimum absolute atomic E-state index is 0. The second kappa shape index (κ2) is 10.2. The van der Waals surface area contributed by atoms with Gasteiger partial charge in [-0.1, -0.05) is 6.92 Å². The van der Waals surface area contributed by atoms with E-state index >= 15 is 0 Å². The van der Waals surface area contributed by atoms with Gasteiger partial charge in [0.2, 0.25) is 5.91 Å². The minimum atomic E-state index is -0.789. The van der Waals surface area contributed by atoms with E-state index in [9.17, 15) is 9.59 Å². The second-order valence-corrected chi connectivity index (χ2v) is 7.33. The van der Waals surface area contributed by atoms with Crippen LogP contribution in [0.5, 0.6) is 0 Å². The summed E-state index contributed by atoms with van der Waals surface area (Å²) in [5, 5.41) is 12.0. The molecule has 0 aromatic carbocycles. The molecule has 0 spiro atoms. The molecule has 0 aliphatic carbocycles. The van der Waals surface area contributed by atoms with Crippen molar-refractivity contribution in [1.29, 1.82) is 0 Å². The number of nitrogens with one attached hydrogen (secondary N) is 1. The van der Waals surface area contributed by atoms with Gasteiger partial charge >= 0.3 is 5.97 Å². The van der Waals surface area contributed by atoms with Gasteiger partial charge in [-0.25, -0.2) is 0 Å². The third kappa shape index (κ3) is 7.36. The van der Waals surface area contributed by atoms with Gasteiger partial charge in [0, 0.05) is 18.1 Å². The number of likely N-dealkylation sites (N-methyl/N-ethyl adjacent to an activating group) is 1. The lowest BCUT2D eigenvalue weighted by Crippen LogP contribution is -2.52. The molecule has 1 saturated heterocycles. The molecule has 2 atom stereocenters. The number of rotatable bonds is 7. The molecule has 1 fully saturated rings. The molecule has 24 heavy (non-hydrogen) atoms. The van der Waals surface area contributed by atoms with Gasteiger partial charge in [-0.05, 0) is 60.0 Å². The summed E-state index contributed by atoms with van der Waals surface area (Å²) < 4.78 is 0. The molecule has 6 nitrogen and oxygen atoms in total. The number of halogens is 1. The van der Waals surface area contributed by atoms with E-state index in [1.165, 1.54) is 0 Å². The minimum Gasteiger partial charge on any atom is -0.480 e. The molecule has 1 aliphatic heterocycles. The summed E-state index contributed by atoms with van der Waals surface area (Å²) in [7, 11) is 1.87. The standard InChI is InChI=1S/C17H33N3O3.ClH/c1-6-17(3,4)18-16(23)13(2)20-10-7-8-14(9-11-20)19(5)12-15(21)22;/h13-14H,6-12H2,1-5H3,(H,18,23)(H,21,22);1H. The van der Waals surface area contributed by atoms with Gasteiger partial charge in [0.1, 0.15) is 0 Å². The number of aliphatic carboxylic acids is 1. The average molecular weight is 364 g/mol. The van der Waals surface area contributed by atoms with Crippen LogP contribution >= 0.6 is 12.4 Å². The fourth-order valence-corrected chi connectivity index (χ4v) is 2.96. The predicted octanol–water partition coefficient (Wildman–Crippen LogP) is 1.97. The van der Waals surface area contributed by atoms with E-state index in [2.05, 4.69) is 17.1 Å². The number of carbonyl (C=O) groups excluding carboxylic acids is 1. The molecule has 2 unspecified atom stereocenters. The van der Waals surface area contributed by atoms with Gasteiger partial charge < -0.3 is 10.4 Å². The van der Waals surface area contributed by atoms with Crippen molar-refractivity contribution in [3.05, 3.63) is 0 Å². The van der Waals surface area contributed by atoms with E-state index in [1.807, 2.05) is 32.7 Å². The van der Waals surface area contributed by atoms with E-state index in [1.54, 1.807) is 0 Å². The molecule has 0 aromatic rings. The molecule has 1 amide bonds. The van der Waals surface area contributed by atoms with Crippen LogP contribution in [0, 0.1) is 0 Å². The largest absolute Gasteiger partial charge is 0.480 e. The normalized spacial score (nSPS) is 20.8. The van der Waals surface area contributed by atoms with Crippen molar-refractivity contribution in [2.45, 2.75) is 71.0 Å². The van der Waals surface area contributed by atoms with Crippen LogP contribution in [0.3, 0.4) is 0 Å². The van der Waals surface area contributed by atoms with Crippen molar-refractivity contribution < 1.29 is 14.7 Å². The summed E-state index contributed by atoms with van der Waals surface area (Å²) in [6.07, 6.45) is 3.77. The van der Waals surface area contributed by atoms with Crippen molar-refractivity contribution in [2.24, 2.45) is 0 Å². The van der Waals surface area contributed by atoms with E-state index < -0.39 is 5.97 Å². The molecular formula is C17H34ClN3O3. The summed E-state index contributed by atoms with van der Waals surface area (Å²) in [6.45, 7) is 9.90. The van der Waals surface area contributed by atoms with Crippen molar-refractivity contribution in [2.75, 3.05) is 26.7 Å². The highest BCUT2D eigenvalue weighted by molar-refractivity contribution is 5.85. The zero-order valence-corrected chi connectivity index (χ0v) is 16.5. The molecule has 142 valence electrons. The molecule has 0 aromatic heterocycles. The Morgan fingerprint density at radius 1 is 1.33 bits per heavy atom. The number of carboxylic acids is 1. The predicted molar refractivity (Wildman–Crippen MR) is 98.7 cm³/mol. The maximum Gasteiger partial charge on any atom is 0.317 e. The maximum atomic E-state index is 12.4. The van der Waals surface area contributed by atoms with E-state index in [4.69, 9.17) is 5.11 Å². The van der Waals surface area contributed by atoms with Crippen LogP contribution in [-0.4, -0.2) is 71.1 Å². The Morgan fingerprint density at radius 3 is 2.50 bits per heavy atom. The first-order chi connectivity index (χ1) is 10.7. The van der Waals surface area contributed by atoms with Crippen molar-refractivity contribution in [3.63, 3.8) is 0 Å². The summed E-state index contributed by atoms with van der Waals surface area (Å²) in [6, 6.07) is 0.128. The van der Waals surface area contributed by atoms with Crippen LogP contribution in [0.15, 0.2) is 0 Å². The fourth-order valence-electron chi connectivity index (χ4n) is 2.96. The first-order valence-electron chi connectivity index (χ1n) is 8.64. The topological polar surface area (TPSA) is 72.9 Å². The summed E-state index contributed by atoms with van der Waals surface area (Å²) in [5.41, 5.74) is -0.179. The highest BCUT2D eigenvalue weighted by atomic mass is 35.5. The molecule has 0 bridgehead atoms. The molecule has 1 rings (SSSR count). The van der Waals surface area contributed by atoms with Crippen molar-refractivity contribution in [1.82, 2.24) is 15.1 Å². The van der Waals surface area contributed by atoms with Gasteiger partial charge in [-0.15, -0.1) is 12.4 Å². The molecule has 0 saturated carbocycles. The Morgan fingerprint density at radius 2 is 1.96 bits per heavy atom. The molecule has 1 aliphatic rings. The highest BCUT2D eigenvalue weighted by Crippen LogP contribution is 2.18. The smallest absolute Gasteiger partial charge is 0.317 e. The van der Waals surface area contributed by atoms with Crippen LogP contribution in [0.4, 0.5) is 0 Å². The quantitative estimate of drug-likeness (QED) is 0.723. The van der Waals surface area contributed by atoms with Gasteiger partial charge in [0.05, 0.1) is 12.6 Å². The Balaban J connectivity index is 0.00000529. The number of hydrogen-bond acceptors (Lipinski definition) is 4. The Hall–Kier alpha value is -0.850. The Bertz CT molecular complexity index is 418. The Labute approximate surface area is 152 Å². The maximum absolute atomic E-state index is 12.4. The Kier molecular flexibility index (Phi) is 9.85. The number of nitrogens with zero attached hydrogens (tertiary/aromatic N) is 2. The number of carboxylic acid groups (broad SMARTS) is 1. The van der Waals surface area contributed by atoms with Crippen LogP contribution in [0.1, 0.15) is 53.4 Å². The molecular weight excluding hydrogens is 330 g/mol. The lowest BCUT2D eigenvalue weighted by molar-refractivity contribution is -0.138. The fraction of sp³-hybridized carbons (Fsp3) is 0.882. The molecule has 7 heteroatoms. The van der Waals surface area contributed by atoms with Crippen molar-refractivity contribution >= 4 is 24.3 Å².